The molecule has 0 fully saturated rings. The van der Waals surface area contributed by atoms with Crippen LogP contribution in [0.5, 0.6) is 11.5 Å². The molecule has 0 aliphatic carbocycles. The molecule has 30 heavy (non-hydrogen) atoms. The molecule has 0 aliphatic rings. The van der Waals surface area contributed by atoms with Crippen LogP contribution in [0.25, 0.3) is 0 Å². The van der Waals surface area contributed by atoms with E-state index in [1.54, 1.807) is 30.5 Å². The second-order valence-corrected chi connectivity index (χ2v) is 7.61. The van der Waals surface area contributed by atoms with Crippen molar-refractivity contribution in [2.24, 2.45) is 5.10 Å². The number of carbonyl (C=O) groups excluding carboxylic acids is 1. The van der Waals surface area contributed by atoms with Crippen LogP contribution in [0.3, 0.4) is 0 Å². The van der Waals surface area contributed by atoms with Crippen molar-refractivity contribution in [1.82, 2.24) is 5.43 Å². The minimum absolute atomic E-state index is 0.317. The Kier molecular flexibility index (Phi) is 7.88. The van der Waals surface area contributed by atoms with E-state index >= 15 is 0 Å². The molecule has 0 unspecified atom stereocenters. The highest BCUT2D eigenvalue weighted by Crippen LogP contribution is 2.29. The number of hydrogen-bond acceptors (Lipinski definition) is 4. The fraction of sp³-hybridized carbons (Fsp3) is 0.130. The van der Waals surface area contributed by atoms with Gasteiger partial charge < -0.3 is 9.47 Å². The van der Waals surface area contributed by atoms with Gasteiger partial charge in [0, 0.05) is 15.1 Å². The third kappa shape index (κ3) is 6.34. The zero-order chi connectivity index (χ0) is 21.3. The minimum atomic E-state index is -0.317. The lowest BCUT2D eigenvalue weighted by atomic mass is 10.2. The maximum Gasteiger partial charge on any atom is 0.271 e. The lowest BCUT2D eigenvalue weighted by Gasteiger charge is -2.12. The van der Waals surface area contributed by atoms with Gasteiger partial charge in [-0.1, -0.05) is 39.7 Å². The minimum Gasteiger partial charge on any atom is -0.490 e. The van der Waals surface area contributed by atoms with Crippen LogP contribution in [0.1, 0.15) is 28.4 Å². The number of benzene rings is 3. The van der Waals surface area contributed by atoms with E-state index in [1.165, 1.54) is 0 Å². The van der Waals surface area contributed by atoms with Gasteiger partial charge >= 0.3 is 0 Å². The highest BCUT2D eigenvalue weighted by Gasteiger charge is 2.07. The highest BCUT2D eigenvalue weighted by molar-refractivity contribution is 9.10. The Morgan fingerprint density at radius 3 is 2.47 bits per heavy atom. The molecule has 0 aliphatic heterocycles. The molecule has 0 saturated carbocycles. The van der Waals surface area contributed by atoms with Gasteiger partial charge in [-0.3, -0.25) is 4.79 Å². The van der Waals surface area contributed by atoms with Crippen LogP contribution in [0, 0.1) is 0 Å². The number of amides is 1. The summed E-state index contributed by atoms with van der Waals surface area (Å²) in [6.07, 6.45) is 1.55. The van der Waals surface area contributed by atoms with Crippen molar-refractivity contribution in [3.05, 3.63) is 92.9 Å². The van der Waals surface area contributed by atoms with Crippen LogP contribution >= 0.6 is 27.5 Å². The van der Waals surface area contributed by atoms with Gasteiger partial charge in [-0.2, -0.15) is 5.10 Å². The summed E-state index contributed by atoms with van der Waals surface area (Å²) in [6.45, 7) is 2.84. The smallest absolute Gasteiger partial charge is 0.271 e. The maximum atomic E-state index is 12.1. The Balaban J connectivity index is 1.64. The molecule has 0 aromatic heterocycles. The molecule has 1 amide bonds. The normalized spacial score (nSPS) is 10.8. The Morgan fingerprint density at radius 2 is 1.77 bits per heavy atom. The van der Waals surface area contributed by atoms with Crippen LogP contribution in [-0.4, -0.2) is 18.7 Å². The molecule has 1 N–H and O–H groups in total. The summed E-state index contributed by atoms with van der Waals surface area (Å²) in [6, 6.07) is 20.0. The number of nitrogens with one attached hydrogen (secondary N) is 1. The van der Waals surface area contributed by atoms with Crippen molar-refractivity contribution < 1.29 is 14.3 Å². The average molecular weight is 488 g/mol. The Hall–Kier alpha value is -2.83. The molecule has 0 radical (unpaired) electrons. The SMILES string of the molecule is CCOc1cc(/C=N\NC(=O)c2ccc(Cl)cc2)ccc1OCc1ccc(Br)cc1. The molecule has 0 atom stereocenters. The van der Waals surface area contributed by atoms with Gasteiger partial charge in [0.25, 0.3) is 5.91 Å². The summed E-state index contributed by atoms with van der Waals surface area (Å²) in [5.74, 6) is 0.937. The fourth-order valence-electron chi connectivity index (χ4n) is 2.57. The quantitative estimate of drug-likeness (QED) is 0.320. The zero-order valence-corrected chi connectivity index (χ0v) is 18.6. The number of hydrogen-bond donors (Lipinski definition) is 1. The van der Waals surface area contributed by atoms with Crippen molar-refractivity contribution in [1.29, 1.82) is 0 Å². The molecular formula is C23H20BrClN2O3. The number of carbonyl (C=O) groups is 1. The number of hydrazone groups is 1. The van der Waals surface area contributed by atoms with E-state index in [0.717, 1.165) is 15.6 Å². The van der Waals surface area contributed by atoms with E-state index in [0.29, 0.717) is 35.3 Å². The first kappa shape index (κ1) is 21.9. The van der Waals surface area contributed by atoms with Gasteiger partial charge in [-0.05, 0) is 72.6 Å². The van der Waals surface area contributed by atoms with Gasteiger partial charge in [-0.25, -0.2) is 5.43 Å². The molecule has 3 aromatic carbocycles. The van der Waals surface area contributed by atoms with E-state index < -0.39 is 0 Å². The van der Waals surface area contributed by atoms with Crippen molar-refractivity contribution >= 4 is 39.7 Å². The fourth-order valence-corrected chi connectivity index (χ4v) is 2.96. The monoisotopic (exact) mass is 486 g/mol. The lowest BCUT2D eigenvalue weighted by molar-refractivity contribution is 0.0955. The van der Waals surface area contributed by atoms with Crippen LogP contribution in [0.4, 0.5) is 0 Å². The third-order valence-corrected chi connectivity index (χ3v) is 4.84. The van der Waals surface area contributed by atoms with Gasteiger partial charge in [0.15, 0.2) is 11.5 Å². The van der Waals surface area contributed by atoms with Gasteiger partial charge in [0.05, 0.1) is 12.8 Å². The molecule has 5 nitrogen and oxygen atoms in total. The number of rotatable bonds is 8. The summed E-state index contributed by atoms with van der Waals surface area (Å²) in [4.78, 5) is 12.1. The zero-order valence-electron chi connectivity index (χ0n) is 16.3. The molecular weight excluding hydrogens is 468 g/mol. The number of nitrogens with zero attached hydrogens (tertiary/aromatic N) is 1. The first-order chi connectivity index (χ1) is 14.5. The van der Waals surface area contributed by atoms with Crippen LogP contribution < -0.4 is 14.9 Å². The molecule has 0 heterocycles. The number of halogens is 2. The van der Waals surface area contributed by atoms with Gasteiger partial charge in [-0.15, -0.1) is 0 Å². The van der Waals surface area contributed by atoms with E-state index in [2.05, 4.69) is 26.5 Å². The van der Waals surface area contributed by atoms with Crippen molar-refractivity contribution in [3.63, 3.8) is 0 Å². The molecule has 0 spiro atoms. The standard InChI is InChI=1S/C23H20BrClN2O3/c1-2-29-22-13-17(14-26-27-23(28)18-6-10-20(25)11-7-18)5-12-21(22)30-15-16-3-8-19(24)9-4-16/h3-14H,2,15H2,1H3,(H,27,28)/b26-14-. The summed E-state index contributed by atoms with van der Waals surface area (Å²) >= 11 is 9.25. The van der Waals surface area contributed by atoms with E-state index in [-0.39, 0.29) is 5.91 Å². The van der Waals surface area contributed by atoms with Crippen LogP contribution in [0.2, 0.25) is 5.02 Å². The average Bonchev–Trinajstić information content (AvgIpc) is 2.75. The summed E-state index contributed by atoms with van der Waals surface area (Å²) in [7, 11) is 0. The molecule has 3 rings (SSSR count). The Morgan fingerprint density at radius 1 is 1.03 bits per heavy atom. The van der Waals surface area contributed by atoms with Crippen LogP contribution in [0.15, 0.2) is 76.3 Å². The van der Waals surface area contributed by atoms with E-state index in [9.17, 15) is 4.79 Å². The second-order valence-electron chi connectivity index (χ2n) is 6.26. The first-order valence-corrected chi connectivity index (χ1v) is 10.5. The lowest BCUT2D eigenvalue weighted by Crippen LogP contribution is -2.17. The second kappa shape index (κ2) is 10.8. The summed E-state index contributed by atoms with van der Waals surface area (Å²) in [5, 5.41) is 4.59. The highest BCUT2D eigenvalue weighted by atomic mass is 79.9. The van der Waals surface area contributed by atoms with Crippen molar-refractivity contribution in [2.75, 3.05) is 6.61 Å². The Labute approximate surface area is 188 Å². The molecule has 3 aromatic rings. The van der Waals surface area contributed by atoms with Crippen LogP contribution in [-0.2, 0) is 6.61 Å². The largest absolute Gasteiger partial charge is 0.490 e. The predicted molar refractivity (Wildman–Crippen MR) is 123 cm³/mol. The molecule has 154 valence electrons. The molecule has 7 heteroatoms. The maximum absolute atomic E-state index is 12.1. The van der Waals surface area contributed by atoms with E-state index in [1.807, 2.05) is 49.4 Å². The summed E-state index contributed by atoms with van der Waals surface area (Å²) in [5.41, 5.74) is 4.79. The van der Waals surface area contributed by atoms with Gasteiger partial charge in [0.2, 0.25) is 0 Å². The predicted octanol–water partition coefficient (Wildman–Crippen LogP) is 5.84. The Bertz CT molecular complexity index is 1020. The molecule has 0 saturated heterocycles. The summed E-state index contributed by atoms with van der Waals surface area (Å²) < 4.78 is 12.6. The third-order valence-electron chi connectivity index (χ3n) is 4.06. The number of ether oxygens (including phenoxy) is 2. The van der Waals surface area contributed by atoms with E-state index in [4.69, 9.17) is 21.1 Å². The van der Waals surface area contributed by atoms with Crippen molar-refractivity contribution in [2.45, 2.75) is 13.5 Å². The molecule has 0 bridgehead atoms. The first-order valence-electron chi connectivity index (χ1n) is 9.28. The topological polar surface area (TPSA) is 59.9 Å². The van der Waals surface area contributed by atoms with Gasteiger partial charge in [0.1, 0.15) is 6.61 Å². The van der Waals surface area contributed by atoms with Crippen molar-refractivity contribution in [3.8, 4) is 11.5 Å².